The average molecular weight is 518 g/mol. The Balaban J connectivity index is 1.20. The van der Waals surface area contributed by atoms with Gasteiger partial charge in [0.1, 0.15) is 17.0 Å². The van der Waals surface area contributed by atoms with Crippen molar-refractivity contribution in [3.8, 4) is 33.9 Å². The molecule has 1 aliphatic rings. The van der Waals surface area contributed by atoms with Crippen LogP contribution in [0.4, 0.5) is 4.39 Å². The Morgan fingerprint density at radius 2 is 1.82 bits per heavy atom. The van der Waals surface area contributed by atoms with Gasteiger partial charge in [0, 0.05) is 41.6 Å². The minimum Gasteiger partial charge on any atom is -0.336 e. The Labute approximate surface area is 224 Å². The standard InChI is InChI=1S/C31H28FN7/c32-24-7-3-6-22(13-24)28-30-27(10-11-35-28)36-31(37-30)29-25-14-21(8-9-26(25)38-39-29)23-12-20(17-34-18-23)16-33-15-19-4-1-2-5-19/h3,6-14,17-19,33H,1-2,4-5,15-16H2,(H,36,37)(H,38,39). The number of pyridine rings is 2. The van der Waals surface area contributed by atoms with Gasteiger partial charge in [-0.3, -0.25) is 15.1 Å². The molecule has 1 aliphatic carbocycles. The number of aromatic amines is 2. The second-order valence-corrected chi connectivity index (χ2v) is 10.3. The van der Waals surface area contributed by atoms with Crippen molar-refractivity contribution in [2.24, 2.45) is 5.92 Å². The van der Waals surface area contributed by atoms with Crippen LogP contribution in [0.25, 0.3) is 55.8 Å². The van der Waals surface area contributed by atoms with Crippen molar-refractivity contribution in [3.05, 3.63) is 84.6 Å². The van der Waals surface area contributed by atoms with Crippen molar-refractivity contribution in [2.45, 2.75) is 32.2 Å². The molecule has 1 fully saturated rings. The summed E-state index contributed by atoms with van der Waals surface area (Å²) in [7, 11) is 0. The van der Waals surface area contributed by atoms with Crippen LogP contribution in [0, 0.1) is 11.7 Å². The van der Waals surface area contributed by atoms with Crippen LogP contribution in [0.5, 0.6) is 0 Å². The first kappa shape index (κ1) is 23.7. The quantitative estimate of drug-likeness (QED) is 0.220. The van der Waals surface area contributed by atoms with E-state index in [2.05, 4.69) is 48.7 Å². The van der Waals surface area contributed by atoms with E-state index in [-0.39, 0.29) is 5.82 Å². The number of hydrogen-bond acceptors (Lipinski definition) is 5. The number of halogens is 1. The number of rotatable bonds is 7. The molecule has 4 heterocycles. The van der Waals surface area contributed by atoms with Crippen LogP contribution in [0.15, 0.2) is 73.2 Å². The second kappa shape index (κ2) is 10.0. The maximum absolute atomic E-state index is 13.9. The van der Waals surface area contributed by atoms with E-state index >= 15 is 0 Å². The van der Waals surface area contributed by atoms with Crippen LogP contribution in [0.2, 0.25) is 0 Å². The number of hydrogen-bond donors (Lipinski definition) is 3. The molecule has 0 spiro atoms. The van der Waals surface area contributed by atoms with E-state index in [1.807, 2.05) is 30.6 Å². The zero-order chi connectivity index (χ0) is 26.2. The van der Waals surface area contributed by atoms with E-state index in [0.717, 1.165) is 52.2 Å². The van der Waals surface area contributed by atoms with E-state index in [4.69, 9.17) is 4.98 Å². The summed E-state index contributed by atoms with van der Waals surface area (Å²) in [6, 6.07) is 16.7. The van der Waals surface area contributed by atoms with E-state index in [0.29, 0.717) is 22.6 Å². The van der Waals surface area contributed by atoms with Gasteiger partial charge in [-0.25, -0.2) is 9.37 Å². The lowest BCUT2D eigenvalue weighted by atomic mass is 10.0. The van der Waals surface area contributed by atoms with Gasteiger partial charge >= 0.3 is 0 Å². The zero-order valence-electron chi connectivity index (χ0n) is 21.4. The largest absolute Gasteiger partial charge is 0.336 e. The first-order valence-electron chi connectivity index (χ1n) is 13.5. The smallest absolute Gasteiger partial charge is 0.159 e. The molecule has 7 rings (SSSR count). The number of benzene rings is 2. The van der Waals surface area contributed by atoms with Crippen molar-refractivity contribution < 1.29 is 4.39 Å². The highest BCUT2D eigenvalue weighted by Gasteiger charge is 2.17. The molecule has 0 unspecified atom stereocenters. The molecular weight excluding hydrogens is 489 g/mol. The van der Waals surface area contributed by atoms with E-state index in [1.54, 1.807) is 12.3 Å². The number of nitrogens with zero attached hydrogens (tertiary/aromatic N) is 4. The lowest BCUT2D eigenvalue weighted by Gasteiger charge is -2.11. The Morgan fingerprint density at radius 1 is 0.897 bits per heavy atom. The van der Waals surface area contributed by atoms with Gasteiger partial charge in [0.15, 0.2) is 5.82 Å². The predicted octanol–water partition coefficient (Wildman–Crippen LogP) is 6.65. The molecule has 7 nitrogen and oxygen atoms in total. The highest BCUT2D eigenvalue weighted by Crippen LogP contribution is 2.32. The maximum Gasteiger partial charge on any atom is 0.159 e. The molecule has 0 aliphatic heterocycles. The first-order valence-corrected chi connectivity index (χ1v) is 13.5. The third kappa shape index (κ3) is 4.68. The predicted molar refractivity (Wildman–Crippen MR) is 151 cm³/mol. The van der Waals surface area contributed by atoms with Gasteiger partial charge < -0.3 is 10.3 Å². The fraction of sp³-hybridized carbons (Fsp3) is 0.226. The Bertz CT molecular complexity index is 1780. The summed E-state index contributed by atoms with van der Waals surface area (Å²) in [6.45, 7) is 1.89. The van der Waals surface area contributed by atoms with Crippen LogP contribution in [0.3, 0.4) is 0 Å². The highest BCUT2D eigenvalue weighted by atomic mass is 19.1. The average Bonchev–Trinajstić information content (AvgIpc) is 3.72. The molecule has 0 saturated heterocycles. The van der Waals surface area contributed by atoms with Crippen molar-refractivity contribution in [1.82, 2.24) is 35.5 Å². The normalized spacial score (nSPS) is 14.1. The number of imidazole rings is 1. The molecule has 0 radical (unpaired) electrons. The molecule has 0 amide bonds. The summed E-state index contributed by atoms with van der Waals surface area (Å²) >= 11 is 0. The van der Waals surface area contributed by atoms with Crippen molar-refractivity contribution >= 4 is 21.9 Å². The Hall–Kier alpha value is -4.43. The summed E-state index contributed by atoms with van der Waals surface area (Å²) in [6.07, 6.45) is 10.9. The van der Waals surface area contributed by atoms with Crippen LogP contribution in [0.1, 0.15) is 31.2 Å². The molecule has 2 aromatic carbocycles. The summed E-state index contributed by atoms with van der Waals surface area (Å²) < 4.78 is 13.9. The van der Waals surface area contributed by atoms with Gasteiger partial charge in [0.2, 0.25) is 0 Å². The van der Waals surface area contributed by atoms with Crippen molar-refractivity contribution in [3.63, 3.8) is 0 Å². The number of fused-ring (bicyclic) bond motifs is 2. The van der Waals surface area contributed by atoms with Gasteiger partial charge in [0.25, 0.3) is 0 Å². The summed E-state index contributed by atoms with van der Waals surface area (Å²) in [5.41, 5.74) is 7.72. The van der Waals surface area contributed by atoms with Crippen LogP contribution in [-0.2, 0) is 6.54 Å². The topological polar surface area (TPSA) is 95.2 Å². The maximum atomic E-state index is 13.9. The van der Waals surface area contributed by atoms with E-state index < -0.39 is 0 Å². The van der Waals surface area contributed by atoms with Gasteiger partial charge in [-0.1, -0.05) is 31.0 Å². The van der Waals surface area contributed by atoms with Gasteiger partial charge in [-0.15, -0.1) is 0 Å². The van der Waals surface area contributed by atoms with Crippen LogP contribution < -0.4 is 5.32 Å². The zero-order valence-corrected chi connectivity index (χ0v) is 21.4. The fourth-order valence-corrected chi connectivity index (χ4v) is 5.65. The molecule has 3 N–H and O–H groups in total. The van der Waals surface area contributed by atoms with Gasteiger partial charge in [-0.2, -0.15) is 5.10 Å². The lowest BCUT2D eigenvalue weighted by molar-refractivity contribution is 0.489. The SMILES string of the molecule is Fc1cccc(-c2nccc3[nH]c(-c4n[nH]c5ccc(-c6cncc(CNCC7CCCC7)c6)cc45)nc23)c1. The molecule has 1 saturated carbocycles. The molecule has 39 heavy (non-hydrogen) atoms. The lowest BCUT2D eigenvalue weighted by Crippen LogP contribution is -2.20. The fourth-order valence-electron chi connectivity index (χ4n) is 5.65. The summed E-state index contributed by atoms with van der Waals surface area (Å²) in [5.74, 6) is 1.13. The van der Waals surface area contributed by atoms with Crippen molar-refractivity contribution in [2.75, 3.05) is 6.54 Å². The van der Waals surface area contributed by atoms with Gasteiger partial charge in [0.05, 0.1) is 16.7 Å². The minimum absolute atomic E-state index is 0.309. The summed E-state index contributed by atoms with van der Waals surface area (Å²) in [5, 5.41) is 12.3. The number of H-pyrrole nitrogens is 2. The third-order valence-electron chi connectivity index (χ3n) is 7.65. The van der Waals surface area contributed by atoms with E-state index in [9.17, 15) is 4.39 Å². The number of aromatic nitrogens is 6. The molecule has 6 aromatic rings. The molecular formula is C31H28FN7. The highest BCUT2D eigenvalue weighted by molar-refractivity contribution is 5.97. The molecule has 194 valence electrons. The Morgan fingerprint density at radius 3 is 2.72 bits per heavy atom. The van der Waals surface area contributed by atoms with Crippen LogP contribution in [-0.4, -0.2) is 36.7 Å². The van der Waals surface area contributed by atoms with Crippen molar-refractivity contribution in [1.29, 1.82) is 0 Å². The molecule has 0 atom stereocenters. The monoisotopic (exact) mass is 517 g/mol. The first-order chi connectivity index (χ1) is 19.2. The number of nitrogens with one attached hydrogen (secondary N) is 3. The third-order valence-corrected chi connectivity index (χ3v) is 7.65. The van der Waals surface area contributed by atoms with Gasteiger partial charge in [-0.05, 0) is 72.8 Å². The van der Waals surface area contributed by atoms with E-state index in [1.165, 1.54) is 43.4 Å². The minimum atomic E-state index is -0.309. The molecule has 8 heteroatoms. The second-order valence-electron chi connectivity index (χ2n) is 10.3. The van der Waals surface area contributed by atoms with Crippen LogP contribution >= 0.6 is 0 Å². The molecule has 4 aromatic heterocycles. The Kier molecular flexibility index (Phi) is 6.09. The summed E-state index contributed by atoms with van der Waals surface area (Å²) in [4.78, 5) is 17.2. The molecule has 0 bridgehead atoms.